The summed E-state index contributed by atoms with van der Waals surface area (Å²) in [4.78, 5) is 15.7. The zero-order chi connectivity index (χ0) is 14.1. The molecule has 1 amide bonds. The third-order valence-electron chi connectivity index (χ3n) is 2.70. The minimum atomic E-state index is -0.0873. The molecule has 0 aliphatic carbocycles. The van der Waals surface area contributed by atoms with Crippen molar-refractivity contribution in [1.82, 2.24) is 0 Å². The topological polar surface area (TPSA) is 20.3 Å². The van der Waals surface area contributed by atoms with Crippen molar-refractivity contribution in [1.29, 1.82) is 0 Å². The Morgan fingerprint density at radius 3 is 2.60 bits per heavy atom. The van der Waals surface area contributed by atoms with Crippen LogP contribution in [0.3, 0.4) is 0 Å². The number of carbonyl (C=O) groups is 1. The van der Waals surface area contributed by atoms with Crippen molar-refractivity contribution in [2.24, 2.45) is 0 Å². The first-order valence-electron chi connectivity index (χ1n) is 5.72. The van der Waals surface area contributed by atoms with Crippen LogP contribution >= 0.6 is 46.9 Å². The van der Waals surface area contributed by atoms with Crippen molar-refractivity contribution < 1.29 is 4.79 Å². The lowest BCUT2D eigenvalue weighted by Gasteiger charge is -2.14. The van der Waals surface area contributed by atoms with Crippen molar-refractivity contribution in [3.8, 4) is 0 Å². The first-order chi connectivity index (χ1) is 9.65. The molecule has 100 valence electrons. The highest BCUT2D eigenvalue weighted by atomic mass is 35.5. The zero-order valence-electron chi connectivity index (χ0n) is 10.1. The maximum absolute atomic E-state index is 12.4. The molecule has 0 bridgehead atoms. The number of thiocarbonyl (C=S) groups is 1. The summed E-state index contributed by atoms with van der Waals surface area (Å²) >= 11 is 14.1. The molecular formula is C14H8ClNOS3. The average molecular weight is 338 g/mol. The Kier molecular flexibility index (Phi) is 3.94. The lowest BCUT2D eigenvalue weighted by molar-refractivity contribution is -0.113. The molecule has 1 saturated heterocycles. The summed E-state index contributed by atoms with van der Waals surface area (Å²) < 4.78 is 0.542. The Bertz CT molecular complexity index is 692. The van der Waals surface area contributed by atoms with Crippen LogP contribution < -0.4 is 4.90 Å². The van der Waals surface area contributed by atoms with Crippen molar-refractivity contribution >= 4 is 68.9 Å². The highest BCUT2D eigenvalue weighted by molar-refractivity contribution is 8.27. The molecule has 0 N–H and O–H groups in total. The minimum absolute atomic E-state index is 0.0873. The van der Waals surface area contributed by atoms with Gasteiger partial charge in [0.2, 0.25) is 0 Å². The molecule has 20 heavy (non-hydrogen) atoms. The minimum Gasteiger partial charge on any atom is -0.268 e. The summed E-state index contributed by atoms with van der Waals surface area (Å²) in [6, 6.07) is 11.0. The van der Waals surface area contributed by atoms with Crippen LogP contribution in [0, 0.1) is 0 Å². The summed E-state index contributed by atoms with van der Waals surface area (Å²) in [6.07, 6.45) is 1.87. The number of rotatable bonds is 2. The maximum Gasteiger partial charge on any atom is 0.270 e. The summed E-state index contributed by atoms with van der Waals surface area (Å²) in [7, 11) is 0. The van der Waals surface area contributed by atoms with Crippen molar-refractivity contribution in [2.45, 2.75) is 0 Å². The van der Waals surface area contributed by atoms with Crippen molar-refractivity contribution in [3.63, 3.8) is 0 Å². The fourth-order valence-electron chi connectivity index (χ4n) is 1.78. The van der Waals surface area contributed by atoms with E-state index in [2.05, 4.69) is 0 Å². The molecule has 2 aromatic rings. The SMILES string of the molecule is O=C1C(=Cc2cccs2)SC(=S)N1c1ccc(Cl)cc1. The Hall–Kier alpha value is -1.14. The van der Waals surface area contributed by atoms with E-state index in [-0.39, 0.29) is 5.91 Å². The molecule has 0 saturated carbocycles. The van der Waals surface area contributed by atoms with E-state index in [1.807, 2.05) is 23.6 Å². The number of hydrogen-bond donors (Lipinski definition) is 0. The molecule has 0 spiro atoms. The predicted octanol–water partition coefficient (Wildman–Crippen LogP) is 4.81. The second kappa shape index (κ2) is 5.69. The van der Waals surface area contributed by atoms with Crippen molar-refractivity contribution in [2.75, 3.05) is 4.90 Å². The fourth-order valence-corrected chi connectivity index (χ4v) is 3.93. The van der Waals surface area contributed by atoms with Gasteiger partial charge >= 0.3 is 0 Å². The molecule has 1 aromatic carbocycles. The van der Waals surface area contributed by atoms with E-state index < -0.39 is 0 Å². The number of carbonyl (C=O) groups excluding carboxylic acids is 1. The molecule has 0 unspecified atom stereocenters. The monoisotopic (exact) mass is 337 g/mol. The van der Waals surface area contributed by atoms with Crippen LogP contribution in [0.1, 0.15) is 4.88 Å². The van der Waals surface area contributed by atoms with Gasteiger partial charge in [0.15, 0.2) is 4.32 Å². The van der Waals surface area contributed by atoms with Gasteiger partial charge < -0.3 is 0 Å². The van der Waals surface area contributed by atoms with E-state index in [0.717, 1.165) is 10.6 Å². The molecule has 0 atom stereocenters. The Morgan fingerprint density at radius 2 is 1.95 bits per heavy atom. The number of thioether (sulfide) groups is 1. The van der Waals surface area contributed by atoms with Crippen LogP contribution in [0.2, 0.25) is 5.02 Å². The lowest BCUT2D eigenvalue weighted by Crippen LogP contribution is -2.27. The summed E-state index contributed by atoms with van der Waals surface area (Å²) in [5, 5.41) is 2.61. The number of halogens is 1. The van der Waals surface area contributed by atoms with Gasteiger partial charge in [-0.05, 0) is 41.8 Å². The molecule has 2 nitrogen and oxygen atoms in total. The van der Waals surface area contributed by atoms with Crippen LogP contribution in [0.5, 0.6) is 0 Å². The molecule has 6 heteroatoms. The van der Waals surface area contributed by atoms with Gasteiger partial charge in [0.1, 0.15) is 0 Å². The van der Waals surface area contributed by atoms with Gasteiger partial charge in [-0.2, -0.15) is 0 Å². The molecule has 1 fully saturated rings. The summed E-state index contributed by atoms with van der Waals surface area (Å²) in [5.74, 6) is -0.0873. The van der Waals surface area contributed by atoms with Gasteiger partial charge in [0, 0.05) is 9.90 Å². The Labute approximate surface area is 135 Å². The smallest absolute Gasteiger partial charge is 0.268 e. The van der Waals surface area contributed by atoms with E-state index >= 15 is 0 Å². The second-order valence-electron chi connectivity index (χ2n) is 4.01. The zero-order valence-corrected chi connectivity index (χ0v) is 13.3. The summed E-state index contributed by atoms with van der Waals surface area (Å²) in [5.41, 5.74) is 0.742. The maximum atomic E-state index is 12.4. The predicted molar refractivity (Wildman–Crippen MR) is 91.4 cm³/mol. The molecule has 1 aliphatic heterocycles. The van der Waals surface area contributed by atoms with Gasteiger partial charge in [-0.1, -0.05) is 41.6 Å². The first kappa shape index (κ1) is 13.8. The van der Waals surface area contributed by atoms with Gasteiger partial charge in [-0.25, -0.2) is 0 Å². The highest BCUT2D eigenvalue weighted by Crippen LogP contribution is 2.36. The second-order valence-corrected chi connectivity index (χ2v) is 7.10. The van der Waals surface area contributed by atoms with E-state index in [1.165, 1.54) is 16.7 Å². The number of hydrogen-bond acceptors (Lipinski definition) is 4. The van der Waals surface area contributed by atoms with Gasteiger partial charge in [-0.3, -0.25) is 9.69 Å². The van der Waals surface area contributed by atoms with Crippen LogP contribution in [0.4, 0.5) is 5.69 Å². The van der Waals surface area contributed by atoms with E-state index in [4.69, 9.17) is 23.8 Å². The van der Waals surface area contributed by atoms with Crippen LogP contribution in [-0.2, 0) is 4.79 Å². The Morgan fingerprint density at radius 1 is 1.20 bits per heavy atom. The molecular weight excluding hydrogens is 330 g/mol. The molecule has 1 aromatic heterocycles. The number of thiophene rings is 1. The van der Waals surface area contributed by atoms with Crippen LogP contribution in [-0.4, -0.2) is 10.2 Å². The van der Waals surface area contributed by atoms with Crippen LogP contribution in [0.15, 0.2) is 46.7 Å². The third kappa shape index (κ3) is 2.67. The summed E-state index contributed by atoms with van der Waals surface area (Å²) in [6.45, 7) is 0. The van der Waals surface area contributed by atoms with Gasteiger partial charge in [0.05, 0.1) is 10.6 Å². The standard InChI is InChI=1S/C14H8ClNOS3/c15-9-3-5-10(6-4-9)16-13(17)12(20-14(16)18)8-11-2-1-7-19-11/h1-8H. The molecule has 0 radical (unpaired) electrons. The van der Waals surface area contributed by atoms with Gasteiger partial charge in [-0.15, -0.1) is 11.3 Å². The van der Waals surface area contributed by atoms with Gasteiger partial charge in [0.25, 0.3) is 5.91 Å². The van der Waals surface area contributed by atoms with E-state index in [1.54, 1.807) is 35.6 Å². The number of nitrogens with zero attached hydrogens (tertiary/aromatic N) is 1. The Balaban J connectivity index is 1.93. The molecule has 3 rings (SSSR count). The first-order valence-corrected chi connectivity index (χ1v) is 8.20. The average Bonchev–Trinajstić information content (AvgIpc) is 3.02. The number of anilines is 1. The number of benzene rings is 1. The quantitative estimate of drug-likeness (QED) is 0.579. The van der Waals surface area contributed by atoms with Crippen molar-refractivity contribution in [3.05, 3.63) is 56.6 Å². The normalized spacial score (nSPS) is 17.2. The van der Waals surface area contributed by atoms with E-state index in [0.29, 0.717) is 14.2 Å². The van der Waals surface area contributed by atoms with E-state index in [9.17, 15) is 4.79 Å². The largest absolute Gasteiger partial charge is 0.270 e. The van der Waals surface area contributed by atoms with Crippen LogP contribution in [0.25, 0.3) is 6.08 Å². The lowest BCUT2D eigenvalue weighted by atomic mass is 10.3. The molecule has 1 aliphatic rings. The third-order valence-corrected chi connectivity index (χ3v) is 5.07. The number of amides is 1. The highest BCUT2D eigenvalue weighted by Gasteiger charge is 2.33. The molecule has 2 heterocycles. The fraction of sp³-hybridized carbons (Fsp3) is 0.